The van der Waals surface area contributed by atoms with E-state index in [-0.39, 0.29) is 0 Å². The minimum absolute atomic E-state index is 0.741. The van der Waals surface area contributed by atoms with Gasteiger partial charge >= 0.3 is 0 Å². The standard InChI is InChI=1S/C12H19NS/c1-9-7-11(9)12(13-2)4-3-10-5-6-14-8-10/h5-6,8-9,11-13H,3-4,7H2,1-2H3. The number of hydrogen-bond donors (Lipinski definition) is 1. The highest BCUT2D eigenvalue weighted by Crippen LogP contribution is 2.41. The number of nitrogens with one attached hydrogen (secondary N) is 1. The van der Waals surface area contributed by atoms with Crippen LogP contribution in [0.15, 0.2) is 16.8 Å². The van der Waals surface area contributed by atoms with E-state index in [2.05, 4.69) is 36.1 Å². The first-order valence-electron chi connectivity index (χ1n) is 5.49. The Balaban J connectivity index is 1.78. The number of aryl methyl sites for hydroxylation is 1. The van der Waals surface area contributed by atoms with Gasteiger partial charge in [-0.15, -0.1) is 0 Å². The quantitative estimate of drug-likeness (QED) is 0.786. The van der Waals surface area contributed by atoms with Gasteiger partial charge in [-0.2, -0.15) is 11.3 Å². The fourth-order valence-corrected chi connectivity index (χ4v) is 2.94. The monoisotopic (exact) mass is 209 g/mol. The fourth-order valence-electron chi connectivity index (χ4n) is 2.24. The van der Waals surface area contributed by atoms with E-state index in [0.717, 1.165) is 17.9 Å². The number of hydrogen-bond acceptors (Lipinski definition) is 2. The Bertz CT molecular complexity index is 268. The molecule has 1 aliphatic carbocycles. The Morgan fingerprint density at radius 1 is 1.64 bits per heavy atom. The molecule has 78 valence electrons. The first kappa shape index (κ1) is 10.2. The summed E-state index contributed by atoms with van der Waals surface area (Å²) in [5.74, 6) is 1.90. The van der Waals surface area contributed by atoms with Gasteiger partial charge in [0.05, 0.1) is 0 Å². The van der Waals surface area contributed by atoms with Crippen LogP contribution in [0.4, 0.5) is 0 Å². The maximum Gasteiger partial charge on any atom is 0.00981 e. The summed E-state index contributed by atoms with van der Waals surface area (Å²) >= 11 is 1.80. The van der Waals surface area contributed by atoms with Gasteiger partial charge in [-0.3, -0.25) is 0 Å². The zero-order valence-electron chi connectivity index (χ0n) is 8.99. The van der Waals surface area contributed by atoms with Gasteiger partial charge in [0, 0.05) is 6.04 Å². The Labute approximate surface area is 90.5 Å². The van der Waals surface area contributed by atoms with Crippen LogP contribution in [0, 0.1) is 11.8 Å². The molecule has 14 heavy (non-hydrogen) atoms. The zero-order valence-corrected chi connectivity index (χ0v) is 9.81. The van der Waals surface area contributed by atoms with Crippen molar-refractivity contribution >= 4 is 11.3 Å². The second-order valence-corrected chi connectivity index (χ2v) is 5.22. The summed E-state index contributed by atoms with van der Waals surface area (Å²) in [5, 5.41) is 7.90. The fraction of sp³-hybridized carbons (Fsp3) is 0.667. The molecule has 2 rings (SSSR count). The van der Waals surface area contributed by atoms with E-state index < -0.39 is 0 Å². The van der Waals surface area contributed by atoms with Gasteiger partial charge in [0.1, 0.15) is 0 Å². The van der Waals surface area contributed by atoms with Gasteiger partial charge < -0.3 is 5.32 Å². The molecule has 0 spiro atoms. The molecule has 1 aliphatic rings. The molecule has 1 heterocycles. The van der Waals surface area contributed by atoms with Crippen molar-refractivity contribution in [3.05, 3.63) is 22.4 Å². The van der Waals surface area contributed by atoms with Crippen molar-refractivity contribution in [1.82, 2.24) is 5.32 Å². The van der Waals surface area contributed by atoms with E-state index in [9.17, 15) is 0 Å². The molecule has 0 radical (unpaired) electrons. The van der Waals surface area contributed by atoms with Crippen molar-refractivity contribution in [3.63, 3.8) is 0 Å². The largest absolute Gasteiger partial charge is 0.317 e. The van der Waals surface area contributed by atoms with E-state index in [4.69, 9.17) is 0 Å². The lowest BCUT2D eigenvalue weighted by atomic mass is 10.0. The summed E-state index contributed by atoms with van der Waals surface area (Å²) < 4.78 is 0. The third-order valence-electron chi connectivity index (χ3n) is 3.38. The molecule has 0 amide bonds. The molecule has 0 bridgehead atoms. The third-order valence-corrected chi connectivity index (χ3v) is 4.12. The van der Waals surface area contributed by atoms with Crippen LogP contribution in [0.5, 0.6) is 0 Å². The molecule has 1 fully saturated rings. The molecule has 0 saturated heterocycles. The molecule has 2 heteroatoms. The number of thiophene rings is 1. The van der Waals surface area contributed by atoms with Crippen molar-refractivity contribution in [2.24, 2.45) is 11.8 Å². The summed E-state index contributed by atoms with van der Waals surface area (Å²) in [6.45, 7) is 2.36. The maximum atomic E-state index is 3.46. The topological polar surface area (TPSA) is 12.0 Å². The van der Waals surface area contributed by atoms with E-state index in [0.29, 0.717) is 0 Å². The summed E-state index contributed by atoms with van der Waals surface area (Å²) in [5.41, 5.74) is 1.50. The van der Waals surface area contributed by atoms with Crippen LogP contribution in [0.2, 0.25) is 0 Å². The normalized spacial score (nSPS) is 27.6. The Morgan fingerprint density at radius 2 is 2.43 bits per heavy atom. The third kappa shape index (κ3) is 2.37. The molecule has 1 aromatic heterocycles. The van der Waals surface area contributed by atoms with Crippen LogP contribution in [-0.2, 0) is 6.42 Å². The zero-order chi connectivity index (χ0) is 9.97. The molecule has 3 unspecified atom stereocenters. The minimum Gasteiger partial charge on any atom is -0.317 e. The molecular formula is C12H19NS. The van der Waals surface area contributed by atoms with Gasteiger partial charge in [0.25, 0.3) is 0 Å². The lowest BCUT2D eigenvalue weighted by Crippen LogP contribution is -2.28. The average Bonchev–Trinajstić information content (AvgIpc) is 2.69. The Kier molecular flexibility index (Phi) is 3.24. The lowest BCUT2D eigenvalue weighted by Gasteiger charge is -2.15. The van der Waals surface area contributed by atoms with Crippen LogP contribution in [0.1, 0.15) is 25.3 Å². The summed E-state index contributed by atoms with van der Waals surface area (Å²) in [6, 6.07) is 2.98. The van der Waals surface area contributed by atoms with Gasteiger partial charge in [0.15, 0.2) is 0 Å². The summed E-state index contributed by atoms with van der Waals surface area (Å²) in [6.07, 6.45) is 3.95. The van der Waals surface area contributed by atoms with Crippen molar-refractivity contribution in [1.29, 1.82) is 0 Å². The first-order chi connectivity index (χ1) is 6.81. The molecule has 0 aliphatic heterocycles. The second-order valence-electron chi connectivity index (χ2n) is 4.44. The minimum atomic E-state index is 0.741. The molecule has 3 atom stereocenters. The SMILES string of the molecule is CNC(CCc1ccsc1)C1CC1C. The van der Waals surface area contributed by atoms with Gasteiger partial charge in [-0.25, -0.2) is 0 Å². The van der Waals surface area contributed by atoms with Crippen molar-refractivity contribution in [3.8, 4) is 0 Å². The molecule has 1 saturated carbocycles. The summed E-state index contributed by atoms with van der Waals surface area (Å²) in [4.78, 5) is 0. The molecule has 1 nitrogen and oxygen atoms in total. The Hall–Kier alpha value is -0.340. The van der Waals surface area contributed by atoms with Gasteiger partial charge in [-0.05, 0) is 60.5 Å². The summed E-state index contributed by atoms with van der Waals surface area (Å²) in [7, 11) is 2.10. The molecular weight excluding hydrogens is 190 g/mol. The first-order valence-corrected chi connectivity index (χ1v) is 6.44. The highest BCUT2D eigenvalue weighted by Gasteiger charge is 2.38. The lowest BCUT2D eigenvalue weighted by molar-refractivity contribution is 0.452. The average molecular weight is 209 g/mol. The molecule has 1 N–H and O–H groups in total. The van der Waals surface area contributed by atoms with Gasteiger partial charge in [0.2, 0.25) is 0 Å². The van der Waals surface area contributed by atoms with Crippen LogP contribution in [0.3, 0.4) is 0 Å². The van der Waals surface area contributed by atoms with Crippen molar-refractivity contribution < 1.29 is 0 Å². The second kappa shape index (κ2) is 4.45. The van der Waals surface area contributed by atoms with Gasteiger partial charge in [-0.1, -0.05) is 6.92 Å². The Morgan fingerprint density at radius 3 is 2.93 bits per heavy atom. The maximum absolute atomic E-state index is 3.46. The predicted molar refractivity (Wildman–Crippen MR) is 62.8 cm³/mol. The van der Waals surface area contributed by atoms with Crippen LogP contribution in [0.25, 0.3) is 0 Å². The van der Waals surface area contributed by atoms with Crippen LogP contribution >= 0.6 is 11.3 Å². The predicted octanol–water partition coefficient (Wildman–Crippen LogP) is 2.92. The smallest absolute Gasteiger partial charge is 0.00981 e. The van der Waals surface area contributed by atoms with Crippen molar-refractivity contribution in [2.75, 3.05) is 7.05 Å². The van der Waals surface area contributed by atoms with E-state index in [1.165, 1.54) is 24.8 Å². The van der Waals surface area contributed by atoms with Crippen LogP contribution < -0.4 is 5.32 Å². The number of rotatable bonds is 5. The molecule has 0 aromatic carbocycles. The highest BCUT2D eigenvalue weighted by atomic mass is 32.1. The van der Waals surface area contributed by atoms with Crippen LogP contribution in [-0.4, -0.2) is 13.1 Å². The van der Waals surface area contributed by atoms with E-state index in [1.54, 1.807) is 11.3 Å². The van der Waals surface area contributed by atoms with Crippen molar-refractivity contribution in [2.45, 2.75) is 32.2 Å². The van der Waals surface area contributed by atoms with E-state index in [1.807, 2.05) is 0 Å². The molecule has 1 aromatic rings. The van der Waals surface area contributed by atoms with E-state index >= 15 is 0 Å². The highest BCUT2D eigenvalue weighted by molar-refractivity contribution is 7.07.